The van der Waals surface area contributed by atoms with Crippen LogP contribution in [0.3, 0.4) is 0 Å². The Balaban J connectivity index is 2.29. The Morgan fingerprint density at radius 1 is 1.23 bits per heavy atom. The Morgan fingerprint density at radius 2 is 1.82 bits per heavy atom. The van der Waals surface area contributed by atoms with Crippen LogP contribution in [0.5, 0.6) is 0 Å². The summed E-state index contributed by atoms with van der Waals surface area (Å²) in [7, 11) is 1.16. The van der Waals surface area contributed by atoms with Crippen LogP contribution < -0.4 is 0 Å². The monoisotopic (exact) mass is 311 g/mol. The Labute approximate surface area is 125 Å². The number of hydrogen-bond acceptors (Lipinski definition) is 7. The van der Waals surface area contributed by atoms with Crippen molar-refractivity contribution < 1.29 is 33.6 Å². The van der Waals surface area contributed by atoms with Gasteiger partial charge >= 0.3 is 12.1 Å². The van der Waals surface area contributed by atoms with Crippen LogP contribution in [0, 0.1) is 6.57 Å². The molecular formula is C12H13N3O7. The SMILES string of the molecule is [C-]#[N+]C(=O)ON(C)C(=O)CCCC(=O)ON1C(=O)CCC1=O. The van der Waals surface area contributed by atoms with Gasteiger partial charge in [-0.2, -0.15) is 9.91 Å². The summed E-state index contributed by atoms with van der Waals surface area (Å²) in [6.07, 6.45) is -1.52. The van der Waals surface area contributed by atoms with Gasteiger partial charge in [-0.3, -0.25) is 19.2 Å². The van der Waals surface area contributed by atoms with Crippen molar-refractivity contribution in [2.75, 3.05) is 7.05 Å². The Bertz CT molecular complexity index is 535. The lowest BCUT2D eigenvalue weighted by atomic mass is 10.2. The number of carbonyl (C=O) groups excluding carboxylic acids is 5. The number of rotatable bonds is 5. The van der Waals surface area contributed by atoms with Gasteiger partial charge in [-0.25, -0.2) is 4.79 Å². The third-order valence-electron chi connectivity index (χ3n) is 2.63. The molecule has 0 radical (unpaired) electrons. The van der Waals surface area contributed by atoms with Crippen molar-refractivity contribution in [3.05, 3.63) is 11.4 Å². The lowest BCUT2D eigenvalue weighted by Crippen LogP contribution is -2.32. The molecule has 1 heterocycles. The highest BCUT2D eigenvalue weighted by atomic mass is 16.7. The fourth-order valence-electron chi connectivity index (χ4n) is 1.54. The Morgan fingerprint density at radius 3 is 2.36 bits per heavy atom. The summed E-state index contributed by atoms with van der Waals surface area (Å²) in [5, 5.41) is 1.02. The minimum atomic E-state index is -1.25. The van der Waals surface area contributed by atoms with Gasteiger partial charge in [-0.1, -0.05) is 0 Å². The molecule has 0 aromatic heterocycles. The van der Waals surface area contributed by atoms with E-state index in [0.29, 0.717) is 10.1 Å². The van der Waals surface area contributed by atoms with Gasteiger partial charge in [0.05, 0.1) is 0 Å². The van der Waals surface area contributed by atoms with E-state index in [-0.39, 0.29) is 32.1 Å². The molecule has 10 heteroatoms. The normalized spacial score (nSPS) is 13.5. The molecule has 1 fully saturated rings. The molecule has 1 rings (SSSR count). The summed E-state index contributed by atoms with van der Waals surface area (Å²) >= 11 is 0. The zero-order valence-corrected chi connectivity index (χ0v) is 11.7. The summed E-state index contributed by atoms with van der Waals surface area (Å²) in [6.45, 7) is 6.37. The average Bonchev–Trinajstić information content (AvgIpc) is 2.78. The van der Waals surface area contributed by atoms with Gasteiger partial charge in [-0.15, -0.1) is 5.06 Å². The largest absolute Gasteiger partial charge is 0.586 e. The second-order valence-corrected chi connectivity index (χ2v) is 4.26. The predicted molar refractivity (Wildman–Crippen MR) is 66.9 cm³/mol. The first-order valence-electron chi connectivity index (χ1n) is 6.27. The number of hydroxylamine groups is 4. The average molecular weight is 311 g/mol. The van der Waals surface area contributed by atoms with E-state index in [1.54, 1.807) is 0 Å². The first-order valence-corrected chi connectivity index (χ1v) is 6.27. The molecule has 0 unspecified atom stereocenters. The van der Waals surface area contributed by atoms with Crippen molar-refractivity contribution in [1.82, 2.24) is 10.1 Å². The fraction of sp³-hybridized carbons (Fsp3) is 0.500. The quantitative estimate of drug-likeness (QED) is 0.404. The number of amides is 4. The second-order valence-electron chi connectivity index (χ2n) is 4.26. The van der Waals surface area contributed by atoms with E-state index in [4.69, 9.17) is 6.57 Å². The molecule has 0 spiro atoms. The Hall–Kier alpha value is -2.96. The third-order valence-corrected chi connectivity index (χ3v) is 2.63. The molecule has 1 saturated heterocycles. The summed E-state index contributed by atoms with van der Waals surface area (Å²) < 4.78 is 0. The highest BCUT2D eigenvalue weighted by Gasteiger charge is 2.32. The van der Waals surface area contributed by atoms with Crippen LogP contribution in [0.4, 0.5) is 4.79 Å². The molecule has 0 atom stereocenters. The molecule has 1 aliphatic heterocycles. The van der Waals surface area contributed by atoms with Crippen LogP contribution in [0.1, 0.15) is 32.1 Å². The highest BCUT2D eigenvalue weighted by molar-refractivity contribution is 6.01. The van der Waals surface area contributed by atoms with Gasteiger partial charge in [0.2, 0.25) is 0 Å². The van der Waals surface area contributed by atoms with Gasteiger partial charge < -0.3 is 9.68 Å². The van der Waals surface area contributed by atoms with Crippen LogP contribution in [0.15, 0.2) is 0 Å². The summed E-state index contributed by atoms with van der Waals surface area (Å²) in [6, 6.07) is 0. The maximum Gasteiger partial charge on any atom is 0.586 e. The smallest absolute Gasteiger partial charge is 0.358 e. The van der Waals surface area contributed by atoms with Crippen LogP contribution in [0.2, 0.25) is 0 Å². The highest BCUT2D eigenvalue weighted by Crippen LogP contribution is 2.13. The lowest BCUT2D eigenvalue weighted by molar-refractivity contribution is -0.197. The minimum absolute atomic E-state index is 0.00180. The molecule has 22 heavy (non-hydrogen) atoms. The molecule has 1 aliphatic rings. The number of hydrogen-bond donors (Lipinski definition) is 0. The topological polar surface area (TPSA) is 115 Å². The molecule has 4 amide bonds. The number of nitrogens with zero attached hydrogens (tertiary/aromatic N) is 3. The van der Waals surface area contributed by atoms with Gasteiger partial charge in [0.1, 0.15) is 6.57 Å². The van der Waals surface area contributed by atoms with Crippen LogP contribution in [-0.4, -0.2) is 47.0 Å². The van der Waals surface area contributed by atoms with Crippen molar-refractivity contribution in [2.45, 2.75) is 32.1 Å². The molecule has 0 bridgehead atoms. The second kappa shape index (κ2) is 7.72. The van der Waals surface area contributed by atoms with E-state index in [0.717, 1.165) is 7.05 Å². The van der Waals surface area contributed by atoms with E-state index in [9.17, 15) is 24.0 Å². The first kappa shape index (κ1) is 17.1. The summed E-state index contributed by atoms with van der Waals surface area (Å²) in [5.41, 5.74) is 0. The van der Waals surface area contributed by atoms with E-state index in [1.807, 2.05) is 0 Å². The first-order chi connectivity index (χ1) is 10.3. The minimum Gasteiger partial charge on any atom is -0.358 e. The lowest BCUT2D eigenvalue weighted by Gasteiger charge is -2.15. The molecule has 118 valence electrons. The van der Waals surface area contributed by atoms with Crippen molar-refractivity contribution in [1.29, 1.82) is 0 Å². The predicted octanol–water partition coefficient (Wildman–Crippen LogP) is 0.193. The van der Waals surface area contributed by atoms with Crippen molar-refractivity contribution >= 4 is 29.8 Å². The maximum atomic E-state index is 11.5. The zero-order chi connectivity index (χ0) is 16.7. The molecule has 0 aliphatic carbocycles. The third kappa shape index (κ3) is 4.86. The Kier molecular flexibility index (Phi) is 6.00. The van der Waals surface area contributed by atoms with Gasteiger partial charge in [0.15, 0.2) is 0 Å². The summed E-state index contributed by atoms with van der Waals surface area (Å²) in [4.78, 5) is 67.4. The van der Waals surface area contributed by atoms with Gasteiger partial charge in [0, 0.05) is 32.7 Å². The molecule has 0 saturated carbocycles. The van der Waals surface area contributed by atoms with Crippen molar-refractivity contribution in [3.63, 3.8) is 0 Å². The molecule has 0 aromatic carbocycles. The number of carbonyl (C=O) groups is 5. The van der Waals surface area contributed by atoms with E-state index in [1.165, 1.54) is 0 Å². The van der Waals surface area contributed by atoms with E-state index in [2.05, 4.69) is 14.5 Å². The van der Waals surface area contributed by atoms with E-state index < -0.39 is 29.8 Å². The van der Waals surface area contributed by atoms with Gasteiger partial charge in [0.25, 0.3) is 17.7 Å². The molecular weight excluding hydrogens is 298 g/mol. The number of imide groups is 1. The van der Waals surface area contributed by atoms with E-state index >= 15 is 0 Å². The fourth-order valence-corrected chi connectivity index (χ4v) is 1.54. The van der Waals surface area contributed by atoms with Crippen LogP contribution in [-0.2, 0) is 28.9 Å². The van der Waals surface area contributed by atoms with Crippen molar-refractivity contribution in [3.8, 4) is 0 Å². The zero-order valence-electron chi connectivity index (χ0n) is 11.7. The van der Waals surface area contributed by atoms with Crippen LogP contribution >= 0.6 is 0 Å². The standard InChI is InChI=1S/C12H13N3O7/c1-13-12(20)22-14(2)8(16)4-3-5-11(19)21-15-9(17)6-7-10(15)18/h3-7H2,2H3. The van der Waals surface area contributed by atoms with Crippen LogP contribution in [0.25, 0.3) is 4.85 Å². The summed E-state index contributed by atoms with van der Waals surface area (Å²) in [5.74, 6) is -2.60. The molecule has 10 nitrogen and oxygen atoms in total. The molecule has 0 N–H and O–H groups in total. The maximum absolute atomic E-state index is 11.5. The van der Waals surface area contributed by atoms with Gasteiger partial charge in [-0.05, 0) is 6.42 Å². The molecule has 0 aromatic rings. The van der Waals surface area contributed by atoms with Crippen molar-refractivity contribution in [2.24, 2.45) is 0 Å².